The highest BCUT2D eigenvalue weighted by molar-refractivity contribution is 6.01. The average Bonchev–Trinajstić information content (AvgIpc) is 3.43. The number of ketones is 1. The first-order chi connectivity index (χ1) is 16.9. The number of fused-ring (bicyclic) bond motifs is 2. The lowest BCUT2D eigenvalue weighted by Gasteiger charge is -2.32. The Kier molecular flexibility index (Phi) is 9.51. The first kappa shape index (κ1) is 27.7. The maximum atomic E-state index is 13.4. The average molecular weight is 513 g/mol. The Bertz CT molecular complexity index is 1090. The molecule has 2 amide bonds. The van der Waals surface area contributed by atoms with Crippen LogP contribution in [0.15, 0.2) is 36.4 Å². The molecule has 0 aromatic heterocycles. The van der Waals surface area contributed by atoms with Crippen LogP contribution in [0.25, 0.3) is 0 Å². The van der Waals surface area contributed by atoms with Crippen LogP contribution in [0.5, 0.6) is 0 Å². The molecule has 1 aliphatic heterocycles. The van der Waals surface area contributed by atoms with Crippen molar-refractivity contribution in [3.8, 4) is 0 Å². The zero-order valence-corrected chi connectivity index (χ0v) is 22.3. The molecule has 7 nitrogen and oxygen atoms in total. The van der Waals surface area contributed by atoms with Gasteiger partial charge in [0, 0.05) is 44.4 Å². The number of carbonyl (C=O) groups is 3. The van der Waals surface area contributed by atoms with Crippen LogP contribution in [0.3, 0.4) is 0 Å². The lowest BCUT2D eigenvalue weighted by Crippen LogP contribution is -2.48. The van der Waals surface area contributed by atoms with Crippen molar-refractivity contribution >= 4 is 35.7 Å². The van der Waals surface area contributed by atoms with Gasteiger partial charge in [-0.3, -0.25) is 19.4 Å². The molecule has 1 aliphatic carbocycles. The number of likely N-dealkylation sites (N-methyl/N-ethyl adjacent to an activating group) is 1. The second-order valence-electron chi connectivity index (χ2n) is 9.64. The van der Waals surface area contributed by atoms with E-state index < -0.39 is 0 Å². The standard InChI is InChI=1S/C28H36N4O3.ClH/c1-4-5-8-13-29-27(34)18-31(25-15-24-21(14-20(25)2)11-12-26(24)33)19-28(35)30(3)32-16-22-9-6-7-10-23(22)17-32;/h6-7,9-10,14-15H,4-5,8,11-13,16-19H2,1-3H3,(H,29,34);1H. The van der Waals surface area contributed by atoms with Crippen LogP contribution in [0, 0.1) is 6.92 Å². The number of nitrogens with one attached hydrogen (secondary N) is 1. The van der Waals surface area contributed by atoms with Crippen molar-refractivity contribution in [2.24, 2.45) is 0 Å². The van der Waals surface area contributed by atoms with E-state index in [9.17, 15) is 14.4 Å². The zero-order chi connectivity index (χ0) is 24.9. The third-order valence-electron chi connectivity index (χ3n) is 7.06. The first-order valence-corrected chi connectivity index (χ1v) is 12.6. The van der Waals surface area contributed by atoms with E-state index in [1.165, 1.54) is 11.1 Å². The van der Waals surface area contributed by atoms with Gasteiger partial charge in [0.05, 0.1) is 13.1 Å². The van der Waals surface area contributed by atoms with Crippen LogP contribution in [0.1, 0.15) is 65.2 Å². The Balaban J connectivity index is 0.00000361. The third-order valence-corrected chi connectivity index (χ3v) is 7.06. The summed E-state index contributed by atoms with van der Waals surface area (Å²) in [6.45, 7) is 6.23. The lowest BCUT2D eigenvalue weighted by molar-refractivity contribution is -0.145. The minimum Gasteiger partial charge on any atom is -0.355 e. The van der Waals surface area contributed by atoms with Crippen molar-refractivity contribution in [3.05, 3.63) is 64.2 Å². The number of Topliss-reactive ketones (excluding diaryl/α,β-unsaturated/α-hetero) is 1. The van der Waals surface area contributed by atoms with E-state index in [-0.39, 0.29) is 43.1 Å². The van der Waals surface area contributed by atoms with Crippen molar-refractivity contribution in [1.29, 1.82) is 0 Å². The van der Waals surface area contributed by atoms with E-state index in [2.05, 4.69) is 24.4 Å². The van der Waals surface area contributed by atoms with E-state index in [0.29, 0.717) is 26.1 Å². The van der Waals surface area contributed by atoms with E-state index >= 15 is 0 Å². The van der Waals surface area contributed by atoms with Gasteiger partial charge in [-0.2, -0.15) is 0 Å². The third kappa shape index (κ3) is 6.26. The van der Waals surface area contributed by atoms with Crippen molar-refractivity contribution in [2.45, 2.75) is 59.0 Å². The van der Waals surface area contributed by atoms with Gasteiger partial charge in [-0.25, -0.2) is 5.01 Å². The molecular formula is C28H37ClN4O3. The summed E-state index contributed by atoms with van der Waals surface area (Å²) in [5, 5.41) is 6.67. The molecule has 36 heavy (non-hydrogen) atoms. The first-order valence-electron chi connectivity index (χ1n) is 12.6. The molecule has 194 valence electrons. The topological polar surface area (TPSA) is 73.0 Å². The fourth-order valence-electron chi connectivity index (χ4n) is 4.96. The van der Waals surface area contributed by atoms with Crippen LogP contribution in [-0.2, 0) is 29.1 Å². The molecule has 0 saturated heterocycles. The van der Waals surface area contributed by atoms with Crippen LogP contribution in [0.2, 0.25) is 0 Å². The number of anilines is 1. The zero-order valence-electron chi connectivity index (χ0n) is 21.5. The highest BCUT2D eigenvalue weighted by atomic mass is 35.5. The van der Waals surface area contributed by atoms with Gasteiger partial charge in [0.2, 0.25) is 5.91 Å². The smallest absolute Gasteiger partial charge is 0.256 e. The van der Waals surface area contributed by atoms with Gasteiger partial charge in [0.25, 0.3) is 5.91 Å². The fourth-order valence-corrected chi connectivity index (χ4v) is 4.96. The largest absolute Gasteiger partial charge is 0.355 e. The number of hydrogen-bond acceptors (Lipinski definition) is 5. The molecule has 0 saturated carbocycles. The maximum absolute atomic E-state index is 13.4. The molecule has 2 aromatic rings. The minimum absolute atomic E-state index is 0. The molecule has 0 spiro atoms. The van der Waals surface area contributed by atoms with Gasteiger partial charge < -0.3 is 10.2 Å². The quantitative estimate of drug-likeness (QED) is 0.486. The Hall–Kier alpha value is -2.90. The number of hydrogen-bond donors (Lipinski definition) is 1. The number of benzene rings is 2. The highest BCUT2D eigenvalue weighted by Gasteiger charge is 2.28. The van der Waals surface area contributed by atoms with Crippen molar-refractivity contribution in [1.82, 2.24) is 15.3 Å². The van der Waals surface area contributed by atoms with E-state index in [1.807, 2.05) is 41.1 Å². The van der Waals surface area contributed by atoms with Crippen LogP contribution in [-0.4, -0.2) is 54.3 Å². The molecule has 2 aliphatic rings. The number of aryl methyl sites for hydroxylation is 2. The Morgan fingerprint density at radius 2 is 1.69 bits per heavy atom. The van der Waals surface area contributed by atoms with Crippen molar-refractivity contribution < 1.29 is 14.4 Å². The van der Waals surface area contributed by atoms with Gasteiger partial charge >= 0.3 is 0 Å². The SMILES string of the molecule is CCCCCNC(=O)CN(CC(=O)N(C)N1Cc2ccccc2C1)c1cc2c(cc1C)CCC2=O.Cl. The molecule has 1 N–H and O–H groups in total. The lowest BCUT2D eigenvalue weighted by atomic mass is 10.0. The Morgan fingerprint density at radius 3 is 2.36 bits per heavy atom. The Morgan fingerprint density at radius 1 is 1.00 bits per heavy atom. The van der Waals surface area contributed by atoms with E-state index in [0.717, 1.165) is 48.1 Å². The second-order valence-corrected chi connectivity index (χ2v) is 9.64. The summed E-state index contributed by atoms with van der Waals surface area (Å²) in [4.78, 5) is 40.4. The second kappa shape index (κ2) is 12.4. The molecule has 2 aromatic carbocycles. The summed E-state index contributed by atoms with van der Waals surface area (Å²) in [6, 6.07) is 12.1. The van der Waals surface area contributed by atoms with Crippen molar-refractivity contribution in [3.63, 3.8) is 0 Å². The van der Waals surface area contributed by atoms with Gasteiger partial charge in [-0.1, -0.05) is 50.1 Å². The van der Waals surface area contributed by atoms with Crippen LogP contribution < -0.4 is 10.2 Å². The molecule has 0 unspecified atom stereocenters. The summed E-state index contributed by atoms with van der Waals surface area (Å²) in [6.07, 6.45) is 4.37. The molecule has 4 rings (SSSR count). The fraction of sp³-hybridized carbons (Fsp3) is 0.464. The number of nitrogens with zero attached hydrogens (tertiary/aromatic N) is 3. The van der Waals surface area contributed by atoms with Gasteiger partial charge in [0.15, 0.2) is 5.78 Å². The number of carbonyl (C=O) groups excluding carboxylic acids is 3. The normalized spacial score (nSPS) is 14.1. The summed E-state index contributed by atoms with van der Waals surface area (Å²) in [5.74, 6) is -0.0809. The van der Waals surface area contributed by atoms with E-state index in [1.54, 1.807) is 12.1 Å². The monoisotopic (exact) mass is 512 g/mol. The molecule has 0 radical (unpaired) electrons. The number of hydrazine groups is 1. The molecule has 0 atom stereocenters. The molecule has 8 heteroatoms. The summed E-state index contributed by atoms with van der Waals surface area (Å²) in [7, 11) is 1.79. The van der Waals surface area contributed by atoms with Crippen LogP contribution in [0.4, 0.5) is 5.69 Å². The number of unbranched alkanes of at least 4 members (excludes halogenated alkanes) is 2. The molecule has 0 bridgehead atoms. The summed E-state index contributed by atoms with van der Waals surface area (Å²) in [5.41, 5.74) is 5.97. The van der Waals surface area contributed by atoms with Gasteiger partial charge in [-0.05, 0) is 48.1 Å². The Labute approximate surface area is 220 Å². The van der Waals surface area contributed by atoms with Gasteiger partial charge in [-0.15, -0.1) is 12.4 Å². The van der Waals surface area contributed by atoms with E-state index in [4.69, 9.17) is 0 Å². The molecular weight excluding hydrogens is 476 g/mol. The number of amides is 2. The minimum atomic E-state index is -0.114. The predicted octanol–water partition coefficient (Wildman–Crippen LogP) is 4.05. The maximum Gasteiger partial charge on any atom is 0.256 e. The molecule has 1 heterocycles. The number of halogens is 1. The number of rotatable bonds is 10. The van der Waals surface area contributed by atoms with Crippen molar-refractivity contribution in [2.75, 3.05) is 31.6 Å². The predicted molar refractivity (Wildman–Crippen MR) is 144 cm³/mol. The van der Waals surface area contributed by atoms with Crippen LogP contribution >= 0.6 is 12.4 Å². The highest BCUT2D eigenvalue weighted by Crippen LogP contribution is 2.31. The summed E-state index contributed by atoms with van der Waals surface area (Å²) < 4.78 is 0. The molecule has 0 fully saturated rings. The van der Waals surface area contributed by atoms with Gasteiger partial charge in [0.1, 0.15) is 0 Å². The summed E-state index contributed by atoms with van der Waals surface area (Å²) >= 11 is 0.